The number of carbonyl (C=O) groups is 2. The largest absolute Gasteiger partial charge is 0.412 e. The third-order valence-electron chi connectivity index (χ3n) is 3.72. The number of hydrogen-bond donors (Lipinski definition) is 0. The van der Waals surface area contributed by atoms with Crippen LogP contribution in [0.25, 0.3) is 11.5 Å². The van der Waals surface area contributed by atoms with Crippen LogP contribution in [0, 0.1) is 0 Å². The molecule has 1 fully saturated rings. The SMILES string of the molecule is CC(=O)N1CCN(C(=O)c2nnc(-c3ccccc3Cl)o2)CC1. The number of piperazine rings is 1. The maximum Gasteiger partial charge on any atom is 0.311 e. The van der Waals surface area contributed by atoms with Crippen LogP contribution in [0.3, 0.4) is 0 Å². The molecule has 1 aromatic carbocycles. The maximum absolute atomic E-state index is 12.4. The van der Waals surface area contributed by atoms with E-state index in [1.54, 1.807) is 34.1 Å². The number of nitrogens with zero attached hydrogens (tertiary/aromatic N) is 4. The molecule has 1 aromatic heterocycles. The molecule has 0 N–H and O–H groups in total. The van der Waals surface area contributed by atoms with E-state index in [0.717, 1.165) is 0 Å². The molecule has 0 spiro atoms. The average molecular weight is 335 g/mol. The molecule has 0 bridgehead atoms. The number of rotatable bonds is 2. The summed E-state index contributed by atoms with van der Waals surface area (Å²) in [5.41, 5.74) is 0.585. The molecule has 0 atom stereocenters. The predicted molar refractivity (Wildman–Crippen MR) is 82.9 cm³/mol. The van der Waals surface area contributed by atoms with Crippen LogP contribution in [0.15, 0.2) is 28.7 Å². The van der Waals surface area contributed by atoms with Crippen molar-refractivity contribution in [3.05, 3.63) is 35.2 Å². The van der Waals surface area contributed by atoms with Crippen molar-refractivity contribution in [1.82, 2.24) is 20.0 Å². The summed E-state index contributed by atoms with van der Waals surface area (Å²) in [7, 11) is 0. The van der Waals surface area contributed by atoms with Gasteiger partial charge in [0.1, 0.15) is 0 Å². The third-order valence-corrected chi connectivity index (χ3v) is 4.05. The van der Waals surface area contributed by atoms with Gasteiger partial charge >= 0.3 is 11.8 Å². The number of hydrogen-bond acceptors (Lipinski definition) is 5. The Morgan fingerprint density at radius 1 is 1.09 bits per heavy atom. The molecule has 2 aromatic rings. The van der Waals surface area contributed by atoms with Crippen molar-refractivity contribution in [3.8, 4) is 11.5 Å². The first kappa shape index (κ1) is 15.5. The molecule has 0 saturated carbocycles. The first-order valence-corrected chi connectivity index (χ1v) is 7.57. The summed E-state index contributed by atoms with van der Waals surface area (Å²) in [6, 6.07) is 7.05. The number of carbonyl (C=O) groups excluding carboxylic acids is 2. The number of amides is 2. The lowest BCUT2D eigenvalue weighted by Crippen LogP contribution is -2.50. The van der Waals surface area contributed by atoms with E-state index in [1.807, 2.05) is 0 Å². The molecule has 23 heavy (non-hydrogen) atoms. The van der Waals surface area contributed by atoms with E-state index >= 15 is 0 Å². The van der Waals surface area contributed by atoms with Gasteiger partial charge in [0, 0.05) is 33.1 Å². The quantitative estimate of drug-likeness (QED) is 0.835. The molecular weight excluding hydrogens is 320 g/mol. The van der Waals surface area contributed by atoms with Crippen molar-refractivity contribution in [2.45, 2.75) is 6.92 Å². The summed E-state index contributed by atoms with van der Waals surface area (Å²) in [5, 5.41) is 8.19. The van der Waals surface area contributed by atoms with Gasteiger partial charge in [0.05, 0.1) is 10.6 Å². The van der Waals surface area contributed by atoms with Crippen molar-refractivity contribution in [2.75, 3.05) is 26.2 Å². The zero-order valence-corrected chi connectivity index (χ0v) is 13.3. The van der Waals surface area contributed by atoms with Crippen LogP contribution < -0.4 is 0 Å². The van der Waals surface area contributed by atoms with Crippen LogP contribution in [0.2, 0.25) is 5.02 Å². The summed E-state index contributed by atoms with van der Waals surface area (Å²) >= 11 is 6.08. The summed E-state index contributed by atoms with van der Waals surface area (Å²) in [6.07, 6.45) is 0. The van der Waals surface area contributed by atoms with E-state index in [9.17, 15) is 9.59 Å². The lowest BCUT2D eigenvalue weighted by atomic mass is 10.2. The predicted octanol–water partition coefficient (Wildman–Crippen LogP) is 1.69. The maximum atomic E-state index is 12.4. The van der Waals surface area contributed by atoms with Crippen molar-refractivity contribution in [3.63, 3.8) is 0 Å². The second-order valence-corrected chi connectivity index (χ2v) is 5.60. The van der Waals surface area contributed by atoms with Crippen LogP contribution in [-0.4, -0.2) is 58.0 Å². The van der Waals surface area contributed by atoms with Gasteiger partial charge in [-0.2, -0.15) is 0 Å². The first-order chi connectivity index (χ1) is 11.1. The third kappa shape index (κ3) is 3.19. The molecule has 7 nitrogen and oxygen atoms in total. The summed E-state index contributed by atoms with van der Waals surface area (Å²) in [4.78, 5) is 27.0. The normalized spacial score (nSPS) is 14.9. The van der Waals surface area contributed by atoms with Gasteiger partial charge in [-0.25, -0.2) is 0 Å². The van der Waals surface area contributed by atoms with Crippen LogP contribution in [0.4, 0.5) is 0 Å². The topological polar surface area (TPSA) is 79.5 Å². The second-order valence-electron chi connectivity index (χ2n) is 5.19. The molecule has 2 amide bonds. The molecule has 0 radical (unpaired) electrons. The standard InChI is InChI=1S/C15H15ClN4O3/c1-10(21)19-6-8-20(9-7-19)15(22)14-18-17-13(23-14)11-4-2-3-5-12(11)16/h2-5H,6-9H2,1H3. The molecular formula is C15H15ClN4O3. The van der Waals surface area contributed by atoms with Gasteiger partial charge in [-0.3, -0.25) is 9.59 Å². The van der Waals surface area contributed by atoms with E-state index < -0.39 is 0 Å². The van der Waals surface area contributed by atoms with Gasteiger partial charge in [0.2, 0.25) is 11.8 Å². The van der Waals surface area contributed by atoms with Gasteiger partial charge in [-0.05, 0) is 12.1 Å². The van der Waals surface area contributed by atoms with E-state index in [-0.39, 0.29) is 23.6 Å². The monoisotopic (exact) mass is 334 g/mol. The molecule has 1 aliphatic rings. The second kappa shape index (κ2) is 6.37. The van der Waals surface area contributed by atoms with Gasteiger partial charge in [0.25, 0.3) is 0 Å². The number of halogens is 1. The summed E-state index contributed by atoms with van der Waals surface area (Å²) < 4.78 is 5.46. The van der Waals surface area contributed by atoms with Crippen molar-refractivity contribution >= 4 is 23.4 Å². The molecule has 120 valence electrons. The average Bonchev–Trinajstić information content (AvgIpc) is 3.04. The highest BCUT2D eigenvalue weighted by molar-refractivity contribution is 6.33. The van der Waals surface area contributed by atoms with Gasteiger partial charge in [0.15, 0.2) is 0 Å². The van der Waals surface area contributed by atoms with E-state index in [1.165, 1.54) is 6.92 Å². The Morgan fingerprint density at radius 3 is 2.39 bits per heavy atom. The highest BCUT2D eigenvalue weighted by Gasteiger charge is 2.27. The van der Waals surface area contributed by atoms with Gasteiger partial charge in [-0.1, -0.05) is 23.7 Å². The zero-order chi connectivity index (χ0) is 16.4. The minimum absolute atomic E-state index is 0.0101. The Labute approximate surface area is 137 Å². The van der Waals surface area contributed by atoms with Crippen LogP contribution in [0.1, 0.15) is 17.6 Å². The molecule has 1 aliphatic heterocycles. The number of benzene rings is 1. The Bertz CT molecular complexity index is 738. The van der Waals surface area contributed by atoms with E-state index in [0.29, 0.717) is 36.8 Å². The zero-order valence-electron chi connectivity index (χ0n) is 12.5. The number of aromatic nitrogens is 2. The molecule has 2 heterocycles. The highest BCUT2D eigenvalue weighted by atomic mass is 35.5. The van der Waals surface area contributed by atoms with Crippen molar-refractivity contribution in [1.29, 1.82) is 0 Å². The fourth-order valence-corrected chi connectivity index (χ4v) is 2.63. The van der Waals surface area contributed by atoms with E-state index in [2.05, 4.69) is 10.2 Å². The molecule has 1 saturated heterocycles. The van der Waals surface area contributed by atoms with E-state index in [4.69, 9.17) is 16.0 Å². The Hall–Kier alpha value is -2.41. The minimum Gasteiger partial charge on any atom is -0.412 e. The van der Waals surface area contributed by atoms with Crippen LogP contribution in [-0.2, 0) is 4.79 Å². The smallest absolute Gasteiger partial charge is 0.311 e. The minimum atomic E-state index is -0.334. The fourth-order valence-electron chi connectivity index (χ4n) is 2.41. The summed E-state index contributed by atoms with van der Waals surface area (Å²) in [6.45, 7) is 3.43. The molecule has 0 unspecified atom stereocenters. The summed E-state index contributed by atoms with van der Waals surface area (Å²) in [5.74, 6) is -0.188. The van der Waals surface area contributed by atoms with Crippen LogP contribution >= 0.6 is 11.6 Å². The Kier molecular flexibility index (Phi) is 4.29. The van der Waals surface area contributed by atoms with Crippen molar-refractivity contribution < 1.29 is 14.0 Å². The molecule has 8 heteroatoms. The van der Waals surface area contributed by atoms with Crippen molar-refractivity contribution in [2.24, 2.45) is 0 Å². The fraction of sp³-hybridized carbons (Fsp3) is 0.333. The highest BCUT2D eigenvalue weighted by Crippen LogP contribution is 2.26. The Balaban J connectivity index is 1.72. The van der Waals surface area contributed by atoms with Gasteiger partial charge < -0.3 is 14.2 Å². The first-order valence-electron chi connectivity index (χ1n) is 7.19. The van der Waals surface area contributed by atoms with Gasteiger partial charge in [-0.15, -0.1) is 10.2 Å². The lowest BCUT2D eigenvalue weighted by molar-refractivity contribution is -0.130. The lowest BCUT2D eigenvalue weighted by Gasteiger charge is -2.33. The Morgan fingerprint density at radius 2 is 1.74 bits per heavy atom. The molecule has 0 aliphatic carbocycles. The molecule has 3 rings (SSSR count). The van der Waals surface area contributed by atoms with Crippen LogP contribution in [0.5, 0.6) is 0 Å².